The number of nitrogen functional groups attached to an aromatic ring is 1. The Labute approximate surface area is 84.3 Å². The summed E-state index contributed by atoms with van der Waals surface area (Å²) in [5.41, 5.74) is 6.87. The molecule has 1 rings (SSSR count). The van der Waals surface area contributed by atoms with E-state index in [-0.39, 0.29) is 5.78 Å². The van der Waals surface area contributed by atoms with E-state index < -0.39 is 0 Å². The van der Waals surface area contributed by atoms with Crippen molar-refractivity contribution < 1.29 is 4.79 Å². The van der Waals surface area contributed by atoms with Gasteiger partial charge >= 0.3 is 0 Å². The zero-order valence-electron chi connectivity index (χ0n) is 8.58. The van der Waals surface area contributed by atoms with Crippen LogP contribution < -0.4 is 11.1 Å². The Hall–Kier alpha value is -1.35. The molecule has 0 aliphatic rings. The Morgan fingerprint density at radius 1 is 1.50 bits per heavy atom. The number of benzene rings is 1. The lowest BCUT2D eigenvalue weighted by Crippen LogP contribution is -2.29. The largest absolute Gasteiger partial charge is 0.399 e. The molecule has 14 heavy (non-hydrogen) atoms. The highest BCUT2D eigenvalue weighted by atomic mass is 16.1. The standard InChI is InChI=1S/C11H16N2O/c1-8(2)13-7-11(14)9-4-3-5-10(12)6-9/h3-6,8,13H,7,12H2,1-2H3. The van der Waals surface area contributed by atoms with Gasteiger partial charge in [-0.1, -0.05) is 26.0 Å². The van der Waals surface area contributed by atoms with Crippen molar-refractivity contribution in [3.63, 3.8) is 0 Å². The molecule has 76 valence electrons. The molecule has 0 aromatic heterocycles. The molecule has 0 aliphatic heterocycles. The fourth-order valence-corrected chi connectivity index (χ4v) is 1.11. The molecule has 1 aromatic rings. The van der Waals surface area contributed by atoms with Gasteiger partial charge < -0.3 is 11.1 Å². The summed E-state index contributed by atoms with van der Waals surface area (Å²) in [6, 6.07) is 7.36. The number of anilines is 1. The van der Waals surface area contributed by atoms with Crippen LogP contribution in [0.15, 0.2) is 24.3 Å². The third-order valence-electron chi connectivity index (χ3n) is 1.88. The summed E-state index contributed by atoms with van der Waals surface area (Å²) >= 11 is 0. The van der Waals surface area contributed by atoms with Crippen LogP contribution in [-0.2, 0) is 0 Å². The number of rotatable bonds is 4. The van der Waals surface area contributed by atoms with Crippen molar-refractivity contribution in [3.8, 4) is 0 Å². The van der Waals surface area contributed by atoms with E-state index in [1.54, 1.807) is 24.3 Å². The van der Waals surface area contributed by atoms with Gasteiger partial charge in [0.25, 0.3) is 0 Å². The molecule has 0 radical (unpaired) electrons. The number of Topliss-reactive ketones (excluding diaryl/α,β-unsaturated/α-hetero) is 1. The Morgan fingerprint density at radius 2 is 2.21 bits per heavy atom. The number of carbonyl (C=O) groups excluding carboxylic acids is 1. The molecular formula is C11H16N2O. The van der Waals surface area contributed by atoms with Gasteiger partial charge in [-0.2, -0.15) is 0 Å². The highest BCUT2D eigenvalue weighted by molar-refractivity contribution is 5.98. The van der Waals surface area contributed by atoms with Crippen LogP contribution in [0.5, 0.6) is 0 Å². The molecule has 0 saturated carbocycles. The van der Waals surface area contributed by atoms with Gasteiger partial charge in [-0.15, -0.1) is 0 Å². The van der Waals surface area contributed by atoms with Gasteiger partial charge in [-0.05, 0) is 12.1 Å². The molecule has 0 unspecified atom stereocenters. The maximum atomic E-state index is 11.6. The molecule has 3 heteroatoms. The average molecular weight is 192 g/mol. The first kappa shape index (κ1) is 10.7. The van der Waals surface area contributed by atoms with E-state index in [2.05, 4.69) is 5.32 Å². The minimum absolute atomic E-state index is 0.0750. The smallest absolute Gasteiger partial charge is 0.176 e. The first-order valence-electron chi connectivity index (χ1n) is 4.71. The van der Waals surface area contributed by atoms with Crippen molar-refractivity contribution >= 4 is 11.5 Å². The van der Waals surface area contributed by atoms with Gasteiger partial charge in [0.15, 0.2) is 5.78 Å². The minimum Gasteiger partial charge on any atom is -0.399 e. The fraction of sp³-hybridized carbons (Fsp3) is 0.364. The molecular weight excluding hydrogens is 176 g/mol. The average Bonchev–Trinajstić information content (AvgIpc) is 2.14. The van der Waals surface area contributed by atoms with Gasteiger partial charge in [0.05, 0.1) is 6.54 Å². The van der Waals surface area contributed by atoms with Gasteiger partial charge in [-0.25, -0.2) is 0 Å². The lowest BCUT2D eigenvalue weighted by Gasteiger charge is -2.07. The molecule has 3 nitrogen and oxygen atoms in total. The van der Waals surface area contributed by atoms with Crippen LogP contribution in [0.3, 0.4) is 0 Å². The van der Waals surface area contributed by atoms with Crippen LogP contribution in [-0.4, -0.2) is 18.4 Å². The summed E-state index contributed by atoms with van der Waals surface area (Å²) in [6.07, 6.45) is 0. The summed E-state index contributed by atoms with van der Waals surface area (Å²) < 4.78 is 0. The van der Waals surface area contributed by atoms with Gasteiger partial charge in [0.1, 0.15) is 0 Å². The van der Waals surface area contributed by atoms with Crippen LogP contribution in [0.25, 0.3) is 0 Å². The topological polar surface area (TPSA) is 55.1 Å². The van der Waals surface area contributed by atoms with Crippen molar-refractivity contribution in [3.05, 3.63) is 29.8 Å². The van der Waals surface area contributed by atoms with Gasteiger partial charge in [0, 0.05) is 17.3 Å². The molecule has 0 saturated heterocycles. The number of nitrogens with one attached hydrogen (secondary N) is 1. The molecule has 0 bridgehead atoms. The van der Waals surface area contributed by atoms with E-state index in [4.69, 9.17) is 5.73 Å². The van der Waals surface area contributed by atoms with Crippen molar-refractivity contribution in [2.75, 3.05) is 12.3 Å². The van der Waals surface area contributed by atoms with E-state index >= 15 is 0 Å². The second-order valence-corrected chi connectivity index (χ2v) is 3.58. The highest BCUT2D eigenvalue weighted by Crippen LogP contribution is 2.06. The van der Waals surface area contributed by atoms with Gasteiger partial charge in [-0.3, -0.25) is 4.79 Å². The Morgan fingerprint density at radius 3 is 2.79 bits per heavy atom. The molecule has 0 atom stereocenters. The quantitative estimate of drug-likeness (QED) is 0.560. The summed E-state index contributed by atoms with van der Waals surface area (Å²) in [5, 5.41) is 3.07. The third kappa shape index (κ3) is 3.18. The molecule has 3 N–H and O–H groups in total. The molecule has 0 aliphatic carbocycles. The third-order valence-corrected chi connectivity index (χ3v) is 1.88. The van der Waals surface area contributed by atoms with E-state index in [1.165, 1.54) is 0 Å². The molecule has 1 aromatic carbocycles. The van der Waals surface area contributed by atoms with Crippen LogP contribution in [0.1, 0.15) is 24.2 Å². The summed E-state index contributed by atoms with van der Waals surface area (Å²) in [6.45, 7) is 4.38. The maximum absolute atomic E-state index is 11.6. The second-order valence-electron chi connectivity index (χ2n) is 3.58. The van der Waals surface area contributed by atoms with Crippen molar-refractivity contribution in [2.24, 2.45) is 0 Å². The summed E-state index contributed by atoms with van der Waals surface area (Å²) in [5.74, 6) is 0.0750. The highest BCUT2D eigenvalue weighted by Gasteiger charge is 2.05. The summed E-state index contributed by atoms with van der Waals surface area (Å²) in [4.78, 5) is 11.6. The van der Waals surface area contributed by atoms with E-state index in [9.17, 15) is 4.79 Å². The zero-order chi connectivity index (χ0) is 10.6. The first-order valence-corrected chi connectivity index (χ1v) is 4.71. The van der Waals surface area contributed by atoms with Crippen molar-refractivity contribution in [2.45, 2.75) is 19.9 Å². The number of ketones is 1. The second kappa shape index (κ2) is 4.77. The molecule has 0 amide bonds. The van der Waals surface area contributed by atoms with Gasteiger partial charge in [0.2, 0.25) is 0 Å². The Kier molecular flexibility index (Phi) is 3.65. The number of hydrogen-bond acceptors (Lipinski definition) is 3. The molecule has 0 spiro atoms. The zero-order valence-corrected chi connectivity index (χ0v) is 8.58. The molecule has 0 heterocycles. The number of carbonyl (C=O) groups is 1. The van der Waals surface area contributed by atoms with E-state index in [0.717, 1.165) is 0 Å². The first-order chi connectivity index (χ1) is 6.59. The van der Waals surface area contributed by atoms with Crippen LogP contribution in [0.2, 0.25) is 0 Å². The number of hydrogen-bond donors (Lipinski definition) is 2. The van der Waals surface area contributed by atoms with E-state index in [0.29, 0.717) is 23.8 Å². The number of nitrogens with two attached hydrogens (primary N) is 1. The predicted octanol–water partition coefficient (Wildman–Crippen LogP) is 1.45. The lowest BCUT2D eigenvalue weighted by molar-refractivity contribution is 0.0988. The fourth-order valence-electron chi connectivity index (χ4n) is 1.11. The monoisotopic (exact) mass is 192 g/mol. The Bertz CT molecular complexity index is 321. The Balaban J connectivity index is 2.61. The normalized spacial score (nSPS) is 10.5. The van der Waals surface area contributed by atoms with Crippen molar-refractivity contribution in [1.29, 1.82) is 0 Å². The van der Waals surface area contributed by atoms with E-state index in [1.807, 2.05) is 13.8 Å². The SMILES string of the molecule is CC(C)NCC(=O)c1cccc(N)c1. The summed E-state index contributed by atoms with van der Waals surface area (Å²) in [7, 11) is 0. The van der Waals surface area contributed by atoms with Crippen LogP contribution in [0, 0.1) is 0 Å². The maximum Gasteiger partial charge on any atom is 0.176 e. The lowest BCUT2D eigenvalue weighted by atomic mass is 10.1. The van der Waals surface area contributed by atoms with Crippen molar-refractivity contribution in [1.82, 2.24) is 5.32 Å². The van der Waals surface area contributed by atoms with Crippen LogP contribution in [0.4, 0.5) is 5.69 Å². The minimum atomic E-state index is 0.0750. The molecule has 0 fully saturated rings. The van der Waals surface area contributed by atoms with Crippen LogP contribution >= 0.6 is 0 Å². The predicted molar refractivity (Wildman–Crippen MR) is 58.3 cm³/mol.